The van der Waals surface area contributed by atoms with Gasteiger partial charge in [0.2, 0.25) is 5.88 Å². The third kappa shape index (κ3) is 3.52. The average molecular weight is 332 g/mol. The fraction of sp³-hybridized carbons (Fsp3) is 0.318. The number of aryl methyl sites for hydroxylation is 1. The second kappa shape index (κ2) is 6.85. The molecule has 0 saturated heterocycles. The topological polar surface area (TPSA) is 25.4 Å². The summed E-state index contributed by atoms with van der Waals surface area (Å²) in [5.41, 5.74) is 4.77. The first-order chi connectivity index (χ1) is 12.2. The molecule has 2 aromatic carbocycles. The normalized spacial score (nSPS) is 17.8. The number of rotatable bonds is 3. The minimum absolute atomic E-state index is 0.180. The van der Waals surface area contributed by atoms with E-state index in [4.69, 9.17) is 9.72 Å². The highest BCUT2D eigenvalue weighted by molar-refractivity contribution is 5.80. The number of aromatic nitrogens is 1. The van der Waals surface area contributed by atoms with Gasteiger partial charge in [-0.05, 0) is 36.6 Å². The molecule has 4 rings (SSSR count). The van der Waals surface area contributed by atoms with Crippen molar-refractivity contribution in [1.29, 1.82) is 0 Å². The molecule has 0 bridgehead atoms. The molecule has 0 spiro atoms. The Morgan fingerprint density at radius 2 is 1.96 bits per heavy atom. The van der Waals surface area contributed by atoms with Crippen molar-refractivity contribution in [3.8, 4) is 5.88 Å². The minimum Gasteiger partial charge on any atom is -0.473 e. The Bertz CT molecular complexity index is 876. The van der Waals surface area contributed by atoms with E-state index in [2.05, 4.69) is 73.3 Å². The van der Waals surface area contributed by atoms with Gasteiger partial charge >= 0.3 is 0 Å². The largest absolute Gasteiger partial charge is 0.473 e. The first kappa shape index (κ1) is 16.1. The molecule has 1 aliphatic rings. The Labute approximate surface area is 149 Å². The molecule has 0 unspecified atom stereocenters. The molecule has 0 amide bonds. The summed E-state index contributed by atoms with van der Waals surface area (Å²) in [5.74, 6) is 0.806. The van der Waals surface area contributed by atoms with Crippen LogP contribution in [0.4, 0.5) is 0 Å². The van der Waals surface area contributed by atoms with Gasteiger partial charge in [-0.2, -0.15) is 0 Å². The number of hydrogen-bond donors (Lipinski definition) is 0. The molecule has 3 heteroatoms. The van der Waals surface area contributed by atoms with Crippen molar-refractivity contribution < 1.29 is 4.74 Å². The van der Waals surface area contributed by atoms with Gasteiger partial charge in [0, 0.05) is 30.6 Å². The van der Waals surface area contributed by atoms with E-state index in [9.17, 15) is 0 Å². The Kier molecular flexibility index (Phi) is 4.41. The lowest BCUT2D eigenvalue weighted by atomic mass is 10.1. The van der Waals surface area contributed by atoms with Crippen LogP contribution in [0.25, 0.3) is 10.9 Å². The third-order valence-electron chi connectivity index (χ3n) is 4.85. The quantitative estimate of drug-likeness (QED) is 0.694. The maximum Gasteiger partial charge on any atom is 0.218 e. The fourth-order valence-corrected chi connectivity index (χ4v) is 3.48. The third-order valence-corrected chi connectivity index (χ3v) is 4.85. The lowest BCUT2D eigenvalue weighted by molar-refractivity contribution is 0.136. The monoisotopic (exact) mass is 332 g/mol. The molecule has 1 atom stereocenters. The fourth-order valence-electron chi connectivity index (χ4n) is 3.48. The second-order valence-corrected chi connectivity index (χ2v) is 6.95. The molecule has 0 saturated carbocycles. The molecule has 1 aromatic heterocycles. The smallest absolute Gasteiger partial charge is 0.218 e. The van der Waals surface area contributed by atoms with Gasteiger partial charge < -0.3 is 4.74 Å². The van der Waals surface area contributed by atoms with E-state index in [0.717, 1.165) is 37.5 Å². The SMILES string of the molecule is CC[C@H]1CN(Cc2ccccc2)Cc2cc3ccc(C)cc3nc2O1. The van der Waals surface area contributed by atoms with Gasteiger partial charge in [-0.1, -0.05) is 49.4 Å². The predicted molar refractivity (Wildman–Crippen MR) is 102 cm³/mol. The highest BCUT2D eigenvalue weighted by Gasteiger charge is 2.23. The van der Waals surface area contributed by atoms with Gasteiger partial charge in [-0.3, -0.25) is 4.90 Å². The van der Waals surface area contributed by atoms with E-state index < -0.39 is 0 Å². The molecule has 25 heavy (non-hydrogen) atoms. The molecular weight excluding hydrogens is 308 g/mol. The van der Waals surface area contributed by atoms with Crippen LogP contribution < -0.4 is 4.74 Å². The van der Waals surface area contributed by atoms with Gasteiger partial charge in [-0.15, -0.1) is 0 Å². The summed E-state index contributed by atoms with van der Waals surface area (Å²) in [7, 11) is 0. The summed E-state index contributed by atoms with van der Waals surface area (Å²) >= 11 is 0. The number of fused-ring (bicyclic) bond motifs is 2. The summed E-state index contributed by atoms with van der Waals surface area (Å²) in [4.78, 5) is 7.30. The number of pyridine rings is 1. The van der Waals surface area contributed by atoms with Crippen LogP contribution in [-0.4, -0.2) is 22.5 Å². The molecular formula is C22H24N2O. The zero-order chi connectivity index (χ0) is 17.2. The molecule has 0 fully saturated rings. The summed E-state index contributed by atoms with van der Waals surface area (Å²) in [6.45, 7) is 7.02. The maximum absolute atomic E-state index is 6.27. The molecule has 1 aliphatic heterocycles. The highest BCUT2D eigenvalue weighted by Crippen LogP contribution is 2.29. The van der Waals surface area contributed by atoms with Crippen LogP contribution >= 0.6 is 0 Å². The molecule has 0 N–H and O–H groups in total. The molecule has 3 nitrogen and oxygen atoms in total. The van der Waals surface area contributed by atoms with Crippen molar-refractivity contribution >= 4 is 10.9 Å². The Balaban J connectivity index is 1.69. The minimum atomic E-state index is 0.180. The van der Waals surface area contributed by atoms with Crippen molar-refractivity contribution in [2.75, 3.05) is 6.54 Å². The van der Waals surface area contributed by atoms with Crippen LogP contribution in [0, 0.1) is 6.92 Å². The van der Waals surface area contributed by atoms with E-state index in [1.165, 1.54) is 22.1 Å². The Hall–Kier alpha value is -2.39. The van der Waals surface area contributed by atoms with E-state index in [-0.39, 0.29) is 6.10 Å². The van der Waals surface area contributed by atoms with Crippen LogP contribution in [0.5, 0.6) is 5.88 Å². The van der Waals surface area contributed by atoms with E-state index in [1.807, 2.05) is 0 Å². The number of hydrogen-bond acceptors (Lipinski definition) is 3. The Morgan fingerprint density at radius 3 is 2.76 bits per heavy atom. The maximum atomic E-state index is 6.27. The van der Waals surface area contributed by atoms with Gasteiger partial charge in [0.1, 0.15) is 6.10 Å². The lowest BCUT2D eigenvalue weighted by Gasteiger charge is -2.23. The van der Waals surface area contributed by atoms with Crippen LogP contribution in [0.2, 0.25) is 0 Å². The second-order valence-electron chi connectivity index (χ2n) is 6.95. The average Bonchev–Trinajstić information content (AvgIpc) is 2.79. The van der Waals surface area contributed by atoms with Crippen molar-refractivity contribution in [1.82, 2.24) is 9.88 Å². The van der Waals surface area contributed by atoms with Crippen molar-refractivity contribution in [3.63, 3.8) is 0 Å². The van der Waals surface area contributed by atoms with Gasteiger partial charge in [0.25, 0.3) is 0 Å². The summed E-state index contributed by atoms with van der Waals surface area (Å²) in [5, 5.41) is 1.18. The number of benzene rings is 2. The first-order valence-electron chi connectivity index (χ1n) is 9.04. The molecule has 128 valence electrons. The van der Waals surface area contributed by atoms with Gasteiger partial charge in [-0.25, -0.2) is 4.98 Å². The van der Waals surface area contributed by atoms with Crippen LogP contribution in [0.1, 0.15) is 30.0 Å². The van der Waals surface area contributed by atoms with Crippen molar-refractivity contribution in [2.24, 2.45) is 0 Å². The van der Waals surface area contributed by atoms with Gasteiger partial charge in [0.15, 0.2) is 0 Å². The summed E-state index contributed by atoms with van der Waals surface area (Å²) in [6.07, 6.45) is 1.16. The van der Waals surface area contributed by atoms with Crippen LogP contribution in [0.15, 0.2) is 54.6 Å². The lowest BCUT2D eigenvalue weighted by Crippen LogP contribution is -2.32. The summed E-state index contributed by atoms with van der Waals surface area (Å²) < 4.78 is 6.27. The molecule has 0 aliphatic carbocycles. The number of nitrogens with zero attached hydrogens (tertiary/aromatic N) is 2. The predicted octanol–water partition coefficient (Wildman–Crippen LogP) is 4.72. The van der Waals surface area contributed by atoms with Crippen LogP contribution in [-0.2, 0) is 13.1 Å². The first-order valence-corrected chi connectivity index (χ1v) is 9.04. The van der Waals surface area contributed by atoms with E-state index >= 15 is 0 Å². The zero-order valence-corrected chi connectivity index (χ0v) is 14.9. The molecule has 0 radical (unpaired) electrons. The van der Waals surface area contributed by atoms with E-state index in [1.54, 1.807) is 0 Å². The van der Waals surface area contributed by atoms with Crippen molar-refractivity contribution in [2.45, 2.75) is 39.5 Å². The number of ether oxygens (including phenoxy) is 1. The van der Waals surface area contributed by atoms with Crippen LogP contribution in [0.3, 0.4) is 0 Å². The molecule has 2 heterocycles. The highest BCUT2D eigenvalue weighted by atomic mass is 16.5. The van der Waals surface area contributed by atoms with Gasteiger partial charge in [0.05, 0.1) is 5.52 Å². The summed E-state index contributed by atoms with van der Waals surface area (Å²) in [6, 6.07) is 19.3. The Morgan fingerprint density at radius 1 is 1.12 bits per heavy atom. The zero-order valence-electron chi connectivity index (χ0n) is 14.9. The molecule has 3 aromatic rings. The van der Waals surface area contributed by atoms with Crippen molar-refractivity contribution in [3.05, 3.63) is 71.3 Å². The standard InChI is InChI=1S/C22H24N2O/c1-3-20-15-24(13-17-7-5-4-6-8-17)14-19-12-18-10-9-16(2)11-21(18)23-22(19)25-20/h4-12,20H,3,13-15H2,1-2H3/t20-/m0/s1. The van der Waals surface area contributed by atoms with E-state index in [0.29, 0.717) is 0 Å².